The lowest BCUT2D eigenvalue weighted by Crippen LogP contribution is -2.50. The van der Waals surface area contributed by atoms with Gasteiger partial charge in [0.15, 0.2) is 0 Å². The molecular weight excluding hydrogens is 484 g/mol. The number of likely N-dealkylation sites (tertiary alicyclic amines) is 1. The molecule has 1 N–H and O–H groups in total. The first-order chi connectivity index (χ1) is 17.5. The molecule has 1 aliphatic heterocycles. The van der Waals surface area contributed by atoms with Crippen molar-refractivity contribution >= 4 is 23.2 Å². The topological polar surface area (TPSA) is 93.0 Å². The number of rotatable bonds is 7. The highest BCUT2D eigenvalue weighted by Crippen LogP contribution is 2.35. The lowest BCUT2D eigenvalue weighted by molar-refractivity contribution is -0.144. The standard InChI is InChI=1S/C28H38N6O2S/c1-17(2)22-15-34(32-31-22)25(28(5,6)7)27(36)33-14-8-9-23(33)26(35)30-18(3)20-10-12-21(13-11-20)24-19(4)29-16-37-24/h10-13,15-18,23,25H,8-9,14H2,1-7H3,(H,30,35)/t18-,23-,25+/m0/s1. The molecule has 8 nitrogen and oxygen atoms in total. The maximum absolute atomic E-state index is 13.9. The molecule has 0 saturated carbocycles. The van der Waals surface area contributed by atoms with Crippen molar-refractivity contribution < 1.29 is 9.59 Å². The highest BCUT2D eigenvalue weighted by Gasteiger charge is 2.43. The number of hydrogen-bond acceptors (Lipinski definition) is 6. The fourth-order valence-corrected chi connectivity index (χ4v) is 5.73. The van der Waals surface area contributed by atoms with Gasteiger partial charge in [-0.2, -0.15) is 0 Å². The van der Waals surface area contributed by atoms with Crippen molar-refractivity contribution in [3.05, 3.63) is 52.9 Å². The second-order valence-electron chi connectivity index (χ2n) is 11.4. The van der Waals surface area contributed by atoms with E-state index in [1.807, 2.05) is 58.5 Å². The summed E-state index contributed by atoms with van der Waals surface area (Å²) in [5, 5.41) is 11.7. The Morgan fingerprint density at radius 1 is 1.14 bits per heavy atom. The van der Waals surface area contributed by atoms with Crippen molar-refractivity contribution in [3.8, 4) is 10.4 Å². The van der Waals surface area contributed by atoms with Gasteiger partial charge in [-0.15, -0.1) is 16.4 Å². The van der Waals surface area contributed by atoms with Crippen LogP contribution in [0.1, 0.15) is 89.3 Å². The Bertz CT molecular complexity index is 1240. The molecule has 0 spiro atoms. The quantitative estimate of drug-likeness (QED) is 0.455. The molecular formula is C28H38N6O2S. The fraction of sp³-hybridized carbons (Fsp3) is 0.536. The lowest BCUT2D eigenvalue weighted by Gasteiger charge is -2.35. The fourth-order valence-electron chi connectivity index (χ4n) is 4.92. The van der Waals surface area contributed by atoms with E-state index in [1.165, 1.54) is 0 Å². The summed E-state index contributed by atoms with van der Waals surface area (Å²) < 4.78 is 1.68. The zero-order valence-electron chi connectivity index (χ0n) is 22.9. The average Bonchev–Trinajstić information content (AvgIpc) is 3.59. The molecule has 2 amide bonds. The molecule has 2 aromatic heterocycles. The van der Waals surface area contributed by atoms with Crippen LogP contribution in [0.15, 0.2) is 36.0 Å². The molecule has 3 atom stereocenters. The molecule has 3 aromatic rings. The third-order valence-corrected chi connectivity index (χ3v) is 8.03. The van der Waals surface area contributed by atoms with Crippen LogP contribution in [-0.4, -0.2) is 49.3 Å². The highest BCUT2D eigenvalue weighted by atomic mass is 32.1. The van der Waals surface area contributed by atoms with Crippen LogP contribution in [0.3, 0.4) is 0 Å². The van der Waals surface area contributed by atoms with E-state index in [9.17, 15) is 9.59 Å². The Morgan fingerprint density at radius 3 is 2.41 bits per heavy atom. The van der Waals surface area contributed by atoms with E-state index >= 15 is 0 Å². The van der Waals surface area contributed by atoms with E-state index < -0.39 is 17.5 Å². The number of nitrogens with one attached hydrogen (secondary N) is 1. The minimum atomic E-state index is -0.541. The largest absolute Gasteiger partial charge is 0.348 e. The van der Waals surface area contributed by atoms with Crippen LogP contribution in [0.25, 0.3) is 10.4 Å². The molecule has 4 rings (SSSR count). The summed E-state index contributed by atoms with van der Waals surface area (Å²) >= 11 is 1.62. The van der Waals surface area contributed by atoms with Crippen LogP contribution < -0.4 is 5.32 Å². The van der Waals surface area contributed by atoms with Crippen LogP contribution in [0.4, 0.5) is 0 Å². The molecule has 1 aromatic carbocycles. The smallest absolute Gasteiger partial charge is 0.248 e. The van der Waals surface area contributed by atoms with Gasteiger partial charge in [0.25, 0.3) is 0 Å². The Morgan fingerprint density at radius 2 is 1.84 bits per heavy atom. The molecule has 198 valence electrons. The number of aryl methyl sites for hydroxylation is 1. The van der Waals surface area contributed by atoms with E-state index in [1.54, 1.807) is 20.9 Å². The van der Waals surface area contributed by atoms with Crippen molar-refractivity contribution in [1.82, 2.24) is 30.2 Å². The number of aromatic nitrogens is 4. The van der Waals surface area contributed by atoms with Crippen LogP contribution in [-0.2, 0) is 9.59 Å². The first-order valence-corrected chi connectivity index (χ1v) is 13.9. The molecule has 0 unspecified atom stereocenters. The van der Waals surface area contributed by atoms with Gasteiger partial charge in [0, 0.05) is 12.7 Å². The first kappa shape index (κ1) is 27.0. The molecule has 1 saturated heterocycles. The molecule has 1 fully saturated rings. The maximum Gasteiger partial charge on any atom is 0.248 e. The number of benzene rings is 1. The predicted octanol–water partition coefficient (Wildman–Crippen LogP) is 5.29. The molecule has 1 aliphatic rings. The van der Waals surface area contributed by atoms with Gasteiger partial charge in [0.1, 0.15) is 12.1 Å². The van der Waals surface area contributed by atoms with Crippen molar-refractivity contribution in [3.63, 3.8) is 0 Å². The van der Waals surface area contributed by atoms with E-state index in [-0.39, 0.29) is 23.8 Å². The summed E-state index contributed by atoms with van der Waals surface area (Å²) in [5.74, 6) is 0.0217. The Hall–Kier alpha value is -3.07. The van der Waals surface area contributed by atoms with Gasteiger partial charge >= 0.3 is 0 Å². The Balaban J connectivity index is 1.48. The third kappa shape index (κ3) is 5.76. The number of carbonyl (C=O) groups excluding carboxylic acids is 2. The van der Waals surface area contributed by atoms with Crippen LogP contribution in [0, 0.1) is 12.3 Å². The molecule has 9 heteroatoms. The normalized spacial score (nSPS) is 17.7. The van der Waals surface area contributed by atoms with E-state index in [0.717, 1.165) is 33.8 Å². The number of carbonyl (C=O) groups is 2. The van der Waals surface area contributed by atoms with Gasteiger partial charge in [-0.1, -0.05) is 64.1 Å². The zero-order chi connectivity index (χ0) is 26.9. The molecule has 0 aliphatic carbocycles. The van der Waals surface area contributed by atoms with Gasteiger partial charge in [0.05, 0.1) is 27.8 Å². The lowest BCUT2D eigenvalue weighted by atomic mass is 9.85. The summed E-state index contributed by atoms with van der Waals surface area (Å²) in [4.78, 5) is 34.5. The van der Waals surface area contributed by atoms with Crippen molar-refractivity contribution in [2.24, 2.45) is 5.41 Å². The SMILES string of the molecule is Cc1ncsc1-c1ccc([C@H](C)NC(=O)[C@@H]2CCCN2C(=O)[C@@H](n2cc(C(C)C)nn2)C(C)(C)C)cc1. The van der Waals surface area contributed by atoms with Crippen molar-refractivity contribution in [1.29, 1.82) is 0 Å². The first-order valence-electron chi connectivity index (χ1n) is 13.0. The average molecular weight is 523 g/mol. The van der Waals surface area contributed by atoms with Crippen LogP contribution >= 0.6 is 11.3 Å². The monoisotopic (exact) mass is 522 g/mol. The van der Waals surface area contributed by atoms with Crippen molar-refractivity contribution in [2.45, 2.75) is 85.4 Å². The van der Waals surface area contributed by atoms with Crippen molar-refractivity contribution in [2.75, 3.05) is 6.54 Å². The minimum absolute atomic E-state index is 0.0812. The summed E-state index contributed by atoms with van der Waals surface area (Å²) in [7, 11) is 0. The summed E-state index contributed by atoms with van der Waals surface area (Å²) in [6.07, 6.45) is 3.31. The number of hydrogen-bond donors (Lipinski definition) is 1. The predicted molar refractivity (Wildman–Crippen MR) is 146 cm³/mol. The zero-order valence-corrected chi connectivity index (χ0v) is 23.7. The summed E-state index contributed by atoms with van der Waals surface area (Å²) in [6.45, 7) is 14.7. The summed E-state index contributed by atoms with van der Waals surface area (Å²) in [5.41, 5.74) is 5.47. The number of nitrogens with zero attached hydrogens (tertiary/aromatic N) is 5. The molecule has 3 heterocycles. The highest BCUT2D eigenvalue weighted by molar-refractivity contribution is 7.13. The van der Waals surface area contributed by atoms with Gasteiger partial charge in [-0.25, -0.2) is 9.67 Å². The minimum Gasteiger partial charge on any atom is -0.348 e. The second kappa shape index (κ2) is 10.7. The van der Waals surface area contributed by atoms with E-state index in [2.05, 4.69) is 46.6 Å². The summed E-state index contributed by atoms with van der Waals surface area (Å²) in [6, 6.07) is 7.02. The number of amides is 2. The Kier molecular flexibility index (Phi) is 7.83. The van der Waals surface area contributed by atoms with Gasteiger partial charge < -0.3 is 10.2 Å². The maximum atomic E-state index is 13.9. The van der Waals surface area contributed by atoms with Gasteiger partial charge in [-0.05, 0) is 49.1 Å². The van der Waals surface area contributed by atoms with E-state index in [4.69, 9.17) is 0 Å². The van der Waals surface area contributed by atoms with E-state index in [0.29, 0.717) is 13.0 Å². The molecule has 0 bridgehead atoms. The second-order valence-corrected chi connectivity index (χ2v) is 12.2. The van der Waals surface area contributed by atoms with Crippen LogP contribution in [0.2, 0.25) is 0 Å². The third-order valence-electron chi connectivity index (χ3n) is 7.05. The molecule has 37 heavy (non-hydrogen) atoms. The van der Waals surface area contributed by atoms with Gasteiger partial charge in [-0.3, -0.25) is 9.59 Å². The van der Waals surface area contributed by atoms with Gasteiger partial charge in [0.2, 0.25) is 11.8 Å². The van der Waals surface area contributed by atoms with Crippen LogP contribution in [0.5, 0.6) is 0 Å². The number of thiazole rings is 1. The molecule has 0 radical (unpaired) electrons. The Labute approximate surface area is 223 Å².